The van der Waals surface area contributed by atoms with Crippen molar-refractivity contribution in [3.05, 3.63) is 42.2 Å². The minimum absolute atomic E-state index is 0.00785. The number of nitrogens with two attached hydrogens (primary N) is 1. The maximum absolute atomic E-state index is 12.8. The fourth-order valence-electron chi connectivity index (χ4n) is 3.93. The molecule has 2 heterocycles. The molecule has 39 heavy (non-hydrogen) atoms. The Labute approximate surface area is 226 Å². The summed E-state index contributed by atoms with van der Waals surface area (Å²) in [6.45, 7) is 6.91. The first kappa shape index (κ1) is 30.1. The van der Waals surface area contributed by atoms with Crippen LogP contribution in [0.1, 0.15) is 50.6 Å². The maximum atomic E-state index is 12.8. The van der Waals surface area contributed by atoms with Gasteiger partial charge in [0.15, 0.2) is 0 Å². The molecule has 2 atom stereocenters. The number of carboxylic acids is 1. The predicted octanol–water partition coefficient (Wildman–Crippen LogP) is 2.03. The molecule has 13 nitrogen and oxygen atoms in total. The van der Waals surface area contributed by atoms with Gasteiger partial charge in [0.25, 0.3) is 5.88 Å². The van der Waals surface area contributed by atoms with Gasteiger partial charge in [-0.1, -0.05) is 18.2 Å². The van der Waals surface area contributed by atoms with Crippen molar-refractivity contribution in [2.75, 3.05) is 19.7 Å². The number of hydrogen-bond donors (Lipinski definition) is 3. The summed E-state index contributed by atoms with van der Waals surface area (Å²) in [5.74, 6) is -2.64. The Kier molecular flexibility index (Phi) is 9.69. The molecule has 2 unspecified atom stereocenters. The minimum atomic E-state index is -4.26. The number of Topliss-reactive ketones (excluding diaryl/α,β-unsaturated/α-hetero) is 1. The van der Waals surface area contributed by atoms with E-state index in [1.807, 2.05) is 25.5 Å². The number of piperidine rings is 1. The van der Waals surface area contributed by atoms with Gasteiger partial charge in [-0.25, -0.2) is 13.2 Å². The monoisotopic (exact) mass is 566 g/mol. The van der Waals surface area contributed by atoms with Gasteiger partial charge in [0.2, 0.25) is 21.6 Å². The predicted molar refractivity (Wildman–Crippen MR) is 138 cm³/mol. The summed E-state index contributed by atoms with van der Waals surface area (Å²) in [6.07, 6.45) is 1.93. The first-order valence-electron chi connectivity index (χ1n) is 12.4. The number of hydrogen-bond acceptors (Lipinski definition) is 10. The van der Waals surface area contributed by atoms with Crippen molar-refractivity contribution in [3.8, 4) is 5.88 Å². The smallest absolute Gasteiger partial charge is 0.410 e. The van der Waals surface area contributed by atoms with Gasteiger partial charge in [0, 0.05) is 13.1 Å². The van der Waals surface area contributed by atoms with Crippen LogP contribution in [0, 0.1) is 5.92 Å². The van der Waals surface area contributed by atoms with Crippen molar-refractivity contribution in [1.29, 1.82) is 0 Å². The second-order valence-corrected chi connectivity index (χ2v) is 11.9. The number of aliphatic carboxylic acids is 1. The van der Waals surface area contributed by atoms with E-state index in [0.29, 0.717) is 25.4 Å². The minimum Gasteiger partial charge on any atom is -0.480 e. The molecule has 2 aromatic rings. The van der Waals surface area contributed by atoms with E-state index >= 15 is 0 Å². The molecule has 1 saturated heterocycles. The number of ether oxygens (including phenoxy) is 2. The number of aromatic nitrogens is 1. The number of ketones is 1. The highest BCUT2D eigenvalue weighted by Crippen LogP contribution is 2.23. The van der Waals surface area contributed by atoms with Gasteiger partial charge in [-0.2, -0.15) is 4.72 Å². The average molecular weight is 567 g/mol. The second kappa shape index (κ2) is 12.6. The summed E-state index contributed by atoms with van der Waals surface area (Å²) < 4.78 is 43.0. The van der Waals surface area contributed by atoms with Gasteiger partial charge in [0.05, 0.1) is 23.6 Å². The van der Waals surface area contributed by atoms with Crippen LogP contribution in [0.3, 0.4) is 0 Å². The standard InChI is InChI=1S/C25H34N4O9S/c1-25(2,3)37-24(33)29-12-9-16(10-13-29)11-14-36-19-15-18(38-27-19)22(30)20(26)21(23(31)32)28-39(34,35)17-7-5-4-6-8-17/h4-8,15-16,20-21,28H,9-14,26H2,1-3H3,(H,31,32). The molecule has 14 heteroatoms. The Hall–Kier alpha value is -3.49. The van der Waals surface area contributed by atoms with Crippen LogP contribution in [0.5, 0.6) is 5.88 Å². The maximum Gasteiger partial charge on any atom is 0.410 e. The zero-order valence-electron chi connectivity index (χ0n) is 22.0. The number of carboxylic acid groups (broad SMARTS) is 1. The van der Waals surface area contributed by atoms with Crippen LogP contribution < -0.4 is 15.2 Å². The Bertz CT molecular complexity index is 1250. The zero-order valence-corrected chi connectivity index (χ0v) is 22.8. The number of amides is 1. The Balaban J connectivity index is 1.50. The number of rotatable bonds is 11. The number of carbonyl (C=O) groups excluding carboxylic acids is 2. The average Bonchev–Trinajstić information content (AvgIpc) is 3.35. The highest BCUT2D eigenvalue weighted by Gasteiger charge is 2.37. The molecule has 1 amide bonds. The second-order valence-electron chi connectivity index (χ2n) is 10.2. The van der Waals surface area contributed by atoms with Crippen molar-refractivity contribution in [3.63, 3.8) is 0 Å². The van der Waals surface area contributed by atoms with Crippen LogP contribution in [-0.2, 0) is 19.6 Å². The van der Waals surface area contributed by atoms with Gasteiger partial charge < -0.3 is 29.7 Å². The lowest BCUT2D eigenvalue weighted by Crippen LogP contribution is -2.55. The molecule has 1 aromatic carbocycles. The van der Waals surface area contributed by atoms with E-state index in [0.717, 1.165) is 12.8 Å². The molecule has 0 spiro atoms. The number of carbonyl (C=O) groups is 3. The van der Waals surface area contributed by atoms with Gasteiger partial charge in [0.1, 0.15) is 11.6 Å². The number of nitrogens with one attached hydrogen (secondary N) is 1. The quantitative estimate of drug-likeness (QED) is 0.337. The van der Waals surface area contributed by atoms with Crippen molar-refractivity contribution in [2.24, 2.45) is 11.7 Å². The van der Waals surface area contributed by atoms with Gasteiger partial charge in [-0.15, -0.1) is 0 Å². The molecule has 1 fully saturated rings. The van der Waals surface area contributed by atoms with Crippen LogP contribution in [-0.4, -0.2) is 78.8 Å². The molecule has 1 aliphatic heterocycles. The van der Waals surface area contributed by atoms with E-state index in [1.54, 1.807) is 11.0 Å². The SMILES string of the molecule is CC(C)(C)OC(=O)N1CCC(CCOc2cc(C(=O)C(N)C(NS(=O)(=O)c3ccccc3)C(=O)O)on2)CC1. The van der Waals surface area contributed by atoms with Crippen LogP contribution in [0.25, 0.3) is 0 Å². The molecule has 0 aliphatic carbocycles. The highest BCUT2D eigenvalue weighted by atomic mass is 32.2. The number of sulfonamides is 1. The van der Waals surface area contributed by atoms with E-state index in [1.165, 1.54) is 30.3 Å². The molecular weight excluding hydrogens is 532 g/mol. The van der Waals surface area contributed by atoms with E-state index in [2.05, 4.69) is 5.16 Å². The number of benzene rings is 1. The molecule has 1 aromatic heterocycles. The van der Waals surface area contributed by atoms with Crippen molar-refractivity contribution >= 4 is 27.9 Å². The van der Waals surface area contributed by atoms with E-state index in [4.69, 9.17) is 19.7 Å². The summed E-state index contributed by atoms with van der Waals surface area (Å²) >= 11 is 0. The van der Waals surface area contributed by atoms with Crippen molar-refractivity contribution in [1.82, 2.24) is 14.8 Å². The molecule has 4 N–H and O–H groups in total. The summed E-state index contributed by atoms with van der Waals surface area (Å²) in [5.41, 5.74) is 5.28. The van der Waals surface area contributed by atoms with Crippen LogP contribution in [0.4, 0.5) is 4.79 Å². The third-order valence-electron chi connectivity index (χ3n) is 6.04. The molecule has 214 valence electrons. The Morgan fingerprint density at radius 1 is 1.21 bits per heavy atom. The topological polar surface area (TPSA) is 191 Å². The van der Waals surface area contributed by atoms with Crippen LogP contribution in [0.2, 0.25) is 0 Å². The number of nitrogens with zero attached hydrogens (tertiary/aromatic N) is 2. The lowest BCUT2D eigenvalue weighted by molar-refractivity contribution is -0.139. The highest BCUT2D eigenvalue weighted by molar-refractivity contribution is 7.89. The third kappa shape index (κ3) is 8.50. The lowest BCUT2D eigenvalue weighted by atomic mass is 9.94. The van der Waals surface area contributed by atoms with E-state index < -0.39 is 39.5 Å². The summed E-state index contributed by atoms with van der Waals surface area (Å²) in [5, 5.41) is 13.2. The van der Waals surface area contributed by atoms with Crippen molar-refractivity contribution < 1.29 is 41.9 Å². The van der Waals surface area contributed by atoms with Gasteiger partial charge in [-0.3, -0.25) is 9.59 Å². The first-order chi connectivity index (χ1) is 18.3. The molecular formula is C25H34N4O9S. The molecule has 1 aliphatic rings. The largest absolute Gasteiger partial charge is 0.480 e. The van der Waals surface area contributed by atoms with Crippen LogP contribution >= 0.6 is 0 Å². The van der Waals surface area contributed by atoms with Crippen molar-refractivity contribution in [2.45, 2.75) is 62.6 Å². The van der Waals surface area contributed by atoms with E-state index in [9.17, 15) is 27.9 Å². The summed E-state index contributed by atoms with van der Waals surface area (Å²) in [7, 11) is -4.26. The Morgan fingerprint density at radius 2 is 1.85 bits per heavy atom. The summed E-state index contributed by atoms with van der Waals surface area (Å²) in [6, 6.07) is 4.52. The molecule has 3 rings (SSSR count). The molecule has 0 radical (unpaired) electrons. The zero-order chi connectivity index (χ0) is 28.8. The Morgan fingerprint density at radius 3 is 2.44 bits per heavy atom. The van der Waals surface area contributed by atoms with E-state index in [-0.39, 0.29) is 29.2 Å². The normalized spacial score (nSPS) is 16.4. The third-order valence-corrected chi connectivity index (χ3v) is 7.49. The van der Waals surface area contributed by atoms with Gasteiger partial charge >= 0.3 is 12.1 Å². The first-order valence-corrected chi connectivity index (χ1v) is 13.9. The molecule has 0 saturated carbocycles. The number of likely N-dealkylation sites (tertiary alicyclic amines) is 1. The van der Waals surface area contributed by atoms with Crippen LogP contribution in [0.15, 0.2) is 45.8 Å². The fourth-order valence-corrected chi connectivity index (χ4v) is 5.17. The molecule has 0 bridgehead atoms. The van der Waals surface area contributed by atoms with Gasteiger partial charge in [-0.05, 0) is 63.2 Å². The lowest BCUT2D eigenvalue weighted by Gasteiger charge is -2.33. The summed E-state index contributed by atoms with van der Waals surface area (Å²) in [4.78, 5) is 38.2. The fraction of sp³-hybridized carbons (Fsp3) is 0.520.